The Balaban J connectivity index is 0.00000192. The van der Waals surface area contributed by atoms with Gasteiger partial charge in [-0.3, -0.25) is 4.18 Å². The molecule has 0 amide bonds. The van der Waals surface area contributed by atoms with E-state index < -0.39 is 10.1 Å². The van der Waals surface area contributed by atoms with Gasteiger partial charge in [0.05, 0.1) is 6.61 Å². The molecule has 0 radical (unpaired) electrons. The molecule has 0 atom stereocenters. The van der Waals surface area contributed by atoms with Gasteiger partial charge >= 0.3 is 29.6 Å². The topological polar surface area (TPSA) is 43.4 Å². The standard InChI is InChI=1S/C18H16O3S.Na.H/c1-13(2)12-21-22(19,20)18-9-5-8-16-10-14-6-3-4-7-15(14)11-17(16)18;;/h3-11H,1,12H2,2H3;;. The summed E-state index contributed by atoms with van der Waals surface area (Å²) in [7, 11) is -3.81. The van der Waals surface area contributed by atoms with Gasteiger partial charge in [0.1, 0.15) is 4.90 Å². The molecule has 5 heteroatoms. The molecule has 3 nitrogen and oxygen atoms in total. The van der Waals surface area contributed by atoms with E-state index in [1.54, 1.807) is 19.1 Å². The summed E-state index contributed by atoms with van der Waals surface area (Å²) < 4.78 is 29.9. The first kappa shape index (κ1) is 18.2. The molecule has 0 aliphatic rings. The average molecular weight is 336 g/mol. The van der Waals surface area contributed by atoms with Crippen molar-refractivity contribution in [3.05, 3.63) is 66.7 Å². The predicted molar refractivity (Wildman–Crippen MR) is 96.6 cm³/mol. The van der Waals surface area contributed by atoms with Crippen molar-refractivity contribution < 1.29 is 12.6 Å². The summed E-state index contributed by atoms with van der Waals surface area (Å²) in [6, 6.07) is 17.0. The fourth-order valence-corrected chi connectivity index (χ4v) is 3.57. The third kappa shape index (κ3) is 3.84. The van der Waals surface area contributed by atoms with Crippen LogP contribution in [0.4, 0.5) is 0 Å². The summed E-state index contributed by atoms with van der Waals surface area (Å²) in [5.74, 6) is 0. The molecule has 0 aliphatic heterocycles. The monoisotopic (exact) mass is 336 g/mol. The maximum absolute atomic E-state index is 12.4. The maximum atomic E-state index is 12.4. The fourth-order valence-electron chi connectivity index (χ4n) is 2.40. The molecule has 0 bridgehead atoms. The van der Waals surface area contributed by atoms with Crippen LogP contribution in [0.2, 0.25) is 0 Å². The quantitative estimate of drug-likeness (QED) is 0.316. The molecule has 0 fully saturated rings. The van der Waals surface area contributed by atoms with Gasteiger partial charge in [-0.25, -0.2) is 0 Å². The van der Waals surface area contributed by atoms with E-state index in [1.165, 1.54) is 0 Å². The van der Waals surface area contributed by atoms with Crippen LogP contribution >= 0.6 is 0 Å². The Morgan fingerprint density at radius 2 is 1.61 bits per heavy atom. The number of benzene rings is 3. The minimum absolute atomic E-state index is 0. The van der Waals surface area contributed by atoms with E-state index in [2.05, 4.69) is 6.58 Å². The molecule has 3 rings (SSSR count). The Bertz CT molecular complexity index is 978. The van der Waals surface area contributed by atoms with Crippen molar-refractivity contribution in [2.24, 2.45) is 0 Å². The van der Waals surface area contributed by atoms with Crippen molar-refractivity contribution in [1.82, 2.24) is 0 Å². The summed E-state index contributed by atoms with van der Waals surface area (Å²) in [6.45, 7) is 5.39. The zero-order valence-electron chi connectivity index (χ0n) is 12.2. The summed E-state index contributed by atoms with van der Waals surface area (Å²) in [6.07, 6.45) is 0. The second-order valence-corrected chi connectivity index (χ2v) is 6.93. The molecule has 0 saturated carbocycles. The molecular formula is C18H17NaO3S. The van der Waals surface area contributed by atoms with Crippen molar-refractivity contribution in [2.75, 3.05) is 6.61 Å². The van der Waals surface area contributed by atoms with Crippen LogP contribution in [0.1, 0.15) is 6.92 Å². The number of rotatable bonds is 4. The Kier molecular flexibility index (Phi) is 5.65. The van der Waals surface area contributed by atoms with Crippen LogP contribution in [0.15, 0.2) is 71.6 Å². The molecule has 3 aromatic rings. The van der Waals surface area contributed by atoms with Crippen molar-refractivity contribution >= 4 is 61.2 Å². The van der Waals surface area contributed by atoms with Gasteiger partial charge in [0.15, 0.2) is 0 Å². The van der Waals surface area contributed by atoms with E-state index in [-0.39, 0.29) is 41.1 Å². The fraction of sp³-hybridized carbons (Fsp3) is 0.111. The van der Waals surface area contributed by atoms with E-state index in [9.17, 15) is 8.42 Å². The summed E-state index contributed by atoms with van der Waals surface area (Å²) in [5.41, 5.74) is 0.661. The van der Waals surface area contributed by atoms with E-state index in [0.717, 1.165) is 16.2 Å². The molecule has 0 saturated heterocycles. The Morgan fingerprint density at radius 1 is 1.00 bits per heavy atom. The van der Waals surface area contributed by atoms with Gasteiger partial charge in [-0.2, -0.15) is 8.42 Å². The van der Waals surface area contributed by atoms with E-state index in [0.29, 0.717) is 11.0 Å². The minimum atomic E-state index is -3.81. The summed E-state index contributed by atoms with van der Waals surface area (Å²) in [4.78, 5) is 0.192. The Morgan fingerprint density at radius 3 is 2.26 bits per heavy atom. The molecule has 0 aromatic heterocycles. The van der Waals surface area contributed by atoms with Crippen LogP contribution < -0.4 is 0 Å². The Labute approximate surface area is 158 Å². The first-order chi connectivity index (χ1) is 10.5. The van der Waals surface area contributed by atoms with E-state index in [4.69, 9.17) is 4.18 Å². The molecule has 0 spiro atoms. The van der Waals surface area contributed by atoms with Gasteiger partial charge in [0.2, 0.25) is 0 Å². The molecule has 114 valence electrons. The molecule has 3 aromatic carbocycles. The second-order valence-electron chi connectivity index (χ2n) is 5.35. The van der Waals surface area contributed by atoms with Gasteiger partial charge < -0.3 is 0 Å². The van der Waals surface area contributed by atoms with Crippen LogP contribution in [0.3, 0.4) is 0 Å². The third-order valence-electron chi connectivity index (χ3n) is 3.44. The third-order valence-corrected chi connectivity index (χ3v) is 4.76. The van der Waals surface area contributed by atoms with Crippen LogP contribution in [-0.2, 0) is 14.3 Å². The van der Waals surface area contributed by atoms with Crippen LogP contribution in [0.25, 0.3) is 21.5 Å². The normalized spacial score (nSPS) is 11.3. The first-order valence-corrected chi connectivity index (χ1v) is 8.33. The van der Waals surface area contributed by atoms with Crippen LogP contribution in [0.5, 0.6) is 0 Å². The van der Waals surface area contributed by atoms with Crippen LogP contribution in [0, 0.1) is 0 Å². The van der Waals surface area contributed by atoms with E-state index in [1.807, 2.05) is 42.5 Å². The first-order valence-electron chi connectivity index (χ1n) is 6.93. The SMILES string of the molecule is C=C(C)COS(=O)(=O)c1cccc2cc3ccccc3cc12.[NaH]. The van der Waals surface area contributed by atoms with Crippen molar-refractivity contribution in [1.29, 1.82) is 0 Å². The number of hydrogen-bond donors (Lipinski definition) is 0. The van der Waals surface area contributed by atoms with E-state index >= 15 is 0 Å². The summed E-state index contributed by atoms with van der Waals surface area (Å²) in [5, 5.41) is 3.62. The van der Waals surface area contributed by atoms with Crippen molar-refractivity contribution in [3.63, 3.8) is 0 Å². The molecule has 0 unspecified atom stereocenters. The van der Waals surface area contributed by atoms with Crippen molar-refractivity contribution in [2.45, 2.75) is 11.8 Å². The van der Waals surface area contributed by atoms with Crippen LogP contribution in [-0.4, -0.2) is 44.6 Å². The van der Waals surface area contributed by atoms with Crippen molar-refractivity contribution in [3.8, 4) is 0 Å². The molecular weight excluding hydrogens is 319 g/mol. The number of hydrogen-bond acceptors (Lipinski definition) is 3. The zero-order valence-corrected chi connectivity index (χ0v) is 13.1. The molecule has 0 N–H and O–H groups in total. The zero-order chi connectivity index (χ0) is 15.7. The van der Waals surface area contributed by atoms with Gasteiger partial charge in [-0.1, -0.05) is 48.6 Å². The molecule has 0 heterocycles. The average Bonchev–Trinajstić information content (AvgIpc) is 2.50. The van der Waals surface area contributed by atoms with Gasteiger partial charge in [0.25, 0.3) is 10.1 Å². The second kappa shape index (κ2) is 7.16. The molecule has 23 heavy (non-hydrogen) atoms. The number of fused-ring (bicyclic) bond motifs is 2. The Hall–Kier alpha value is -1.17. The van der Waals surface area contributed by atoms with Gasteiger partial charge in [-0.15, -0.1) is 0 Å². The molecule has 0 aliphatic carbocycles. The van der Waals surface area contributed by atoms with Gasteiger partial charge in [-0.05, 0) is 41.3 Å². The predicted octanol–water partition coefficient (Wildman–Crippen LogP) is 3.63. The van der Waals surface area contributed by atoms with Gasteiger partial charge in [0, 0.05) is 5.39 Å². The summed E-state index contributed by atoms with van der Waals surface area (Å²) >= 11 is 0.